The Balaban J connectivity index is 2.08. The summed E-state index contributed by atoms with van der Waals surface area (Å²) < 4.78 is 2.20. The summed E-state index contributed by atoms with van der Waals surface area (Å²) in [7, 11) is 2.09. The van der Waals surface area contributed by atoms with E-state index < -0.39 is 0 Å². The van der Waals surface area contributed by atoms with E-state index in [-0.39, 0.29) is 0 Å². The van der Waals surface area contributed by atoms with Crippen molar-refractivity contribution in [2.75, 3.05) is 0 Å². The Bertz CT molecular complexity index is 600. The fourth-order valence-corrected chi connectivity index (χ4v) is 2.50. The minimum atomic E-state index is 0.464. The standard InChI is InChI=1S/C14H15N3/c1-17-13-6-5-10(7-8-15)9-12(13)16-14(17)11-3-2-4-11/h5-6,9,11H,2-4,7H2,1H3. The summed E-state index contributed by atoms with van der Waals surface area (Å²) in [6.45, 7) is 0. The molecule has 0 aliphatic heterocycles. The molecule has 1 aliphatic rings. The fourth-order valence-electron chi connectivity index (χ4n) is 2.50. The van der Waals surface area contributed by atoms with Gasteiger partial charge in [0, 0.05) is 13.0 Å². The van der Waals surface area contributed by atoms with Gasteiger partial charge in [-0.05, 0) is 30.5 Å². The summed E-state index contributed by atoms with van der Waals surface area (Å²) in [5, 5.41) is 8.71. The van der Waals surface area contributed by atoms with E-state index in [1.807, 2.05) is 12.1 Å². The van der Waals surface area contributed by atoms with Crippen LogP contribution in [0, 0.1) is 11.3 Å². The van der Waals surface area contributed by atoms with Gasteiger partial charge < -0.3 is 4.57 Å². The highest BCUT2D eigenvalue weighted by Gasteiger charge is 2.24. The van der Waals surface area contributed by atoms with Crippen LogP contribution in [0.2, 0.25) is 0 Å². The minimum Gasteiger partial charge on any atom is -0.331 e. The number of fused-ring (bicyclic) bond motifs is 1. The number of hydrogen-bond acceptors (Lipinski definition) is 2. The molecule has 1 aliphatic carbocycles. The molecule has 3 heteroatoms. The Morgan fingerprint density at radius 1 is 1.47 bits per heavy atom. The van der Waals surface area contributed by atoms with Crippen LogP contribution in [0.3, 0.4) is 0 Å². The van der Waals surface area contributed by atoms with Gasteiger partial charge in [0.05, 0.1) is 23.5 Å². The molecule has 0 spiro atoms. The van der Waals surface area contributed by atoms with Gasteiger partial charge in [-0.3, -0.25) is 0 Å². The van der Waals surface area contributed by atoms with Crippen LogP contribution in [0.5, 0.6) is 0 Å². The highest BCUT2D eigenvalue weighted by Crippen LogP contribution is 2.36. The first-order valence-electron chi connectivity index (χ1n) is 6.12. The molecule has 0 N–H and O–H groups in total. The predicted molar refractivity (Wildman–Crippen MR) is 66.6 cm³/mol. The van der Waals surface area contributed by atoms with E-state index in [4.69, 9.17) is 10.2 Å². The van der Waals surface area contributed by atoms with Crippen molar-refractivity contribution < 1.29 is 0 Å². The van der Waals surface area contributed by atoms with E-state index >= 15 is 0 Å². The number of hydrogen-bond donors (Lipinski definition) is 0. The lowest BCUT2D eigenvalue weighted by Gasteiger charge is -2.24. The maximum absolute atomic E-state index is 8.71. The molecule has 0 amide bonds. The fraction of sp³-hybridized carbons (Fsp3) is 0.429. The molecule has 0 unspecified atom stereocenters. The molecule has 1 aromatic heterocycles. The lowest BCUT2D eigenvalue weighted by molar-refractivity contribution is 0.395. The second-order valence-corrected chi connectivity index (χ2v) is 4.81. The Morgan fingerprint density at radius 2 is 2.29 bits per heavy atom. The molecule has 1 aromatic carbocycles. The van der Waals surface area contributed by atoms with Crippen molar-refractivity contribution in [1.82, 2.24) is 9.55 Å². The molecule has 0 bridgehead atoms. The molecule has 0 saturated heterocycles. The first kappa shape index (κ1) is 10.3. The van der Waals surface area contributed by atoms with Crippen LogP contribution in [0.15, 0.2) is 18.2 Å². The van der Waals surface area contributed by atoms with E-state index in [0.29, 0.717) is 12.3 Å². The van der Waals surface area contributed by atoms with E-state index in [9.17, 15) is 0 Å². The quantitative estimate of drug-likeness (QED) is 0.788. The SMILES string of the molecule is Cn1c(C2CCC2)nc2cc(CC#N)ccc21. The molecule has 1 saturated carbocycles. The minimum absolute atomic E-state index is 0.464. The van der Waals surface area contributed by atoms with Gasteiger partial charge in [-0.25, -0.2) is 4.98 Å². The lowest BCUT2D eigenvalue weighted by Crippen LogP contribution is -2.13. The maximum Gasteiger partial charge on any atom is 0.112 e. The number of benzene rings is 1. The van der Waals surface area contributed by atoms with Crippen LogP contribution in [-0.2, 0) is 13.5 Å². The van der Waals surface area contributed by atoms with Crippen molar-refractivity contribution in [3.8, 4) is 6.07 Å². The van der Waals surface area contributed by atoms with Crippen LogP contribution in [0.1, 0.15) is 36.6 Å². The van der Waals surface area contributed by atoms with Gasteiger partial charge in [0.15, 0.2) is 0 Å². The van der Waals surface area contributed by atoms with Gasteiger partial charge in [0.25, 0.3) is 0 Å². The van der Waals surface area contributed by atoms with Crippen molar-refractivity contribution in [3.63, 3.8) is 0 Å². The third-order valence-corrected chi connectivity index (χ3v) is 3.73. The molecule has 17 heavy (non-hydrogen) atoms. The van der Waals surface area contributed by atoms with Crippen LogP contribution < -0.4 is 0 Å². The summed E-state index contributed by atoms with van der Waals surface area (Å²) in [6, 6.07) is 8.33. The molecular formula is C14H15N3. The third-order valence-electron chi connectivity index (χ3n) is 3.73. The topological polar surface area (TPSA) is 41.6 Å². The van der Waals surface area contributed by atoms with Crippen molar-refractivity contribution in [3.05, 3.63) is 29.6 Å². The average molecular weight is 225 g/mol. The Morgan fingerprint density at radius 3 is 2.94 bits per heavy atom. The Kier molecular flexibility index (Phi) is 2.36. The summed E-state index contributed by atoms with van der Waals surface area (Å²) in [4.78, 5) is 4.73. The monoisotopic (exact) mass is 225 g/mol. The summed E-state index contributed by atoms with van der Waals surface area (Å²) in [5.41, 5.74) is 3.26. The van der Waals surface area contributed by atoms with Gasteiger partial charge in [-0.15, -0.1) is 0 Å². The lowest BCUT2D eigenvalue weighted by atomic mass is 9.85. The number of rotatable bonds is 2. The summed E-state index contributed by atoms with van der Waals surface area (Å²) >= 11 is 0. The zero-order valence-electron chi connectivity index (χ0n) is 9.98. The van der Waals surface area contributed by atoms with Crippen LogP contribution in [0.4, 0.5) is 0 Å². The Labute approximate surface area is 101 Å². The van der Waals surface area contributed by atoms with Crippen molar-refractivity contribution in [1.29, 1.82) is 5.26 Å². The Hall–Kier alpha value is -1.82. The molecule has 2 aromatic rings. The van der Waals surface area contributed by atoms with Crippen molar-refractivity contribution >= 4 is 11.0 Å². The second-order valence-electron chi connectivity index (χ2n) is 4.81. The average Bonchev–Trinajstić information content (AvgIpc) is 2.54. The van der Waals surface area contributed by atoms with E-state index in [2.05, 4.69) is 23.8 Å². The highest BCUT2D eigenvalue weighted by atomic mass is 15.1. The van der Waals surface area contributed by atoms with E-state index in [1.165, 1.54) is 30.6 Å². The van der Waals surface area contributed by atoms with Gasteiger partial charge in [0.2, 0.25) is 0 Å². The smallest absolute Gasteiger partial charge is 0.112 e. The number of aryl methyl sites for hydroxylation is 1. The first-order valence-corrected chi connectivity index (χ1v) is 6.12. The third kappa shape index (κ3) is 1.61. The molecular weight excluding hydrogens is 210 g/mol. The van der Waals surface area contributed by atoms with Gasteiger partial charge in [-0.2, -0.15) is 5.26 Å². The summed E-state index contributed by atoms with van der Waals surface area (Å²) in [6.07, 6.45) is 4.32. The highest BCUT2D eigenvalue weighted by molar-refractivity contribution is 5.77. The van der Waals surface area contributed by atoms with Gasteiger partial charge in [-0.1, -0.05) is 12.5 Å². The van der Waals surface area contributed by atoms with Crippen LogP contribution in [-0.4, -0.2) is 9.55 Å². The maximum atomic E-state index is 8.71. The first-order chi connectivity index (χ1) is 8.29. The molecule has 1 heterocycles. The number of aromatic nitrogens is 2. The molecule has 0 atom stereocenters. The molecule has 3 rings (SSSR count). The van der Waals surface area contributed by atoms with Gasteiger partial charge in [0.1, 0.15) is 5.82 Å². The zero-order valence-corrected chi connectivity index (χ0v) is 9.98. The largest absolute Gasteiger partial charge is 0.331 e. The molecule has 1 fully saturated rings. The van der Waals surface area contributed by atoms with Crippen molar-refractivity contribution in [2.24, 2.45) is 7.05 Å². The zero-order chi connectivity index (χ0) is 11.8. The predicted octanol–water partition coefficient (Wildman–Crippen LogP) is 2.91. The summed E-state index contributed by atoms with van der Waals surface area (Å²) in [5.74, 6) is 1.85. The number of nitrogens with zero attached hydrogens (tertiary/aromatic N) is 3. The molecule has 0 radical (unpaired) electrons. The van der Waals surface area contributed by atoms with Crippen LogP contribution >= 0.6 is 0 Å². The normalized spacial score (nSPS) is 15.8. The second kappa shape index (κ2) is 3.89. The van der Waals surface area contributed by atoms with Gasteiger partial charge >= 0.3 is 0 Å². The van der Waals surface area contributed by atoms with E-state index in [0.717, 1.165) is 11.1 Å². The molecule has 3 nitrogen and oxygen atoms in total. The molecule has 86 valence electrons. The number of nitriles is 1. The number of imidazole rings is 1. The van der Waals surface area contributed by atoms with Crippen LogP contribution in [0.25, 0.3) is 11.0 Å². The van der Waals surface area contributed by atoms with Crippen molar-refractivity contribution in [2.45, 2.75) is 31.6 Å². The van der Waals surface area contributed by atoms with E-state index in [1.54, 1.807) is 0 Å².